The fraction of sp³-hybridized carbons (Fsp3) is 0.190. The molecule has 2 aromatic carbocycles. The van der Waals surface area contributed by atoms with Crippen LogP contribution in [0.5, 0.6) is 11.5 Å². The van der Waals surface area contributed by atoms with Crippen LogP contribution in [0.2, 0.25) is 0 Å². The van der Waals surface area contributed by atoms with Gasteiger partial charge in [0.05, 0.1) is 16.5 Å². The van der Waals surface area contributed by atoms with Crippen molar-refractivity contribution in [2.24, 2.45) is 5.73 Å². The van der Waals surface area contributed by atoms with Crippen LogP contribution in [-0.2, 0) is 16.2 Å². The third-order valence-electron chi connectivity index (χ3n) is 4.24. The minimum Gasteiger partial charge on any atom is -0.493 e. The summed E-state index contributed by atoms with van der Waals surface area (Å²) in [5.41, 5.74) is 7.91. The van der Waals surface area contributed by atoms with Crippen molar-refractivity contribution in [1.29, 1.82) is 0 Å². The normalized spacial score (nSPS) is 15.0. The Labute approximate surface area is 186 Å². The molecule has 7 nitrogen and oxygen atoms in total. The number of benzene rings is 2. The molecule has 156 valence electrons. The van der Waals surface area contributed by atoms with E-state index in [1.54, 1.807) is 18.2 Å². The van der Waals surface area contributed by atoms with E-state index in [0.717, 1.165) is 22.2 Å². The van der Waals surface area contributed by atoms with E-state index in [9.17, 15) is 14.4 Å². The molecule has 1 fully saturated rings. The fourth-order valence-corrected chi connectivity index (χ4v) is 4.16. The van der Waals surface area contributed by atoms with Crippen LogP contribution < -0.4 is 15.2 Å². The van der Waals surface area contributed by atoms with Crippen LogP contribution in [0.15, 0.2) is 45.8 Å². The van der Waals surface area contributed by atoms with Gasteiger partial charge in [0.2, 0.25) is 5.91 Å². The molecule has 0 bridgehead atoms. The van der Waals surface area contributed by atoms with Gasteiger partial charge in [-0.05, 0) is 64.0 Å². The maximum Gasteiger partial charge on any atom is 0.294 e. The van der Waals surface area contributed by atoms with E-state index in [1.807, 2.05) is 31.2 Å². The number of methoxy groups -OCH3 is 1. The molecule has 3 amide bonds. The van der Waals surface area contributed by atoms with Crippen LogP contribution in [0.1, 0.15) is 16.7 Å². The number of nitrogens with two attached hydrogens (primary N) is 1. The van der Waals surface area contributed by atoms with Crippen LogP contribution in [0.3, 0.4) is 0 Å². The van der Waals surface area contributed by atoms with Gasteiger partial charge in [0, 0.05) is 0 Å². The zero-order valence-corrected chi connectivity index (χ0v) is 18.7. The number of hydrogen-bond acceptors (Lipinski definition) is 6. The van der Waals surface area contributed by atoms with Crippen molar-refractivity contribution in [3.05, 3.63) is 62.5 Å². The Hall–Kier alpha value is -2.78. The number of aryl methyl sites for hydroxylation is 1. The van der Waals surface area contributed by atoms with E-state index in [0.29, 0.717) is 28.1 Å². The first-order valence-electron chi connectivity index (χ1n) is 8.88. The quantitative estimate of drug-likeness (QED) is 0.591. The summed E-state index contributed by atoms with van der Waals surface area (Å²) < 4.78 is 12.0. The Balaban J connectivity index is 1.82. The number of thioether (sulfide) groups is 1. The van der Waals surface area contributed by atoms with E-state index in [4.69, 9.17) is 15.2 Å². The van der Waals surface area contributed by atoms with E-state index >= 15 is 0 Å². The zero-order valence-electron chi connectivity index (χ0n) is 16.3. The molecule has 0 atom stereocenters. The smallest absolute Gasteiger partial charge is 0.294 e. The lowest BCUT2D eigenvalue weighted by molar-refractivity contribution is -0.127. The summed E-state index contributed by atoms with van der Waals surface area (Å²) in [4.78, 5) is 36.4. The second-order valence-electron chi connectivity index (χ2n) is 6.54. The first kappa shape index (κ1) is 21.9. The van der Waals surface area contributed by atoms with Crippen LogP contribution in [0.25, 0.3) is 6.08 Å². The Bertz CT molecular complexity index is 1040. The van der Waals surface area contributed by atoms with Gasteiger partial charge in [0.1, 0.15) is 13.2 Å². The summed E-state index contributed by atoms with van der Waals surface area (Å²) in [6, 6.07) is 11.5. The Morgan fingerprint density at radius 2 is 1.93 bits per heavy atom. The van der Waals surface area contributed by atoms with Crippen molar-refractivity contribution in [1.82, 2.24) is 4.90 Å². The van der Waals surface area contributed by atoms with Gasteiger partial charge in [-0.15, -0.1) is 0 Å². The molecule has 2 aromatic rings. The van der Waals surface area contributed by atoms with Gasteiger partial charge in [-0.3, -0.25) is 19.3 Å². The second-order valence-corrected chi connectivity index (χ2v) is 8.39. The molecule has 1 saturated heterocycles. The lowest BCUT2D eigenvalue weighted by atomic mass is 10.1. The van der Waals surface area contributed by atoms with Crippen LogP contribution in [0, 0.1) is 6.92 Å². The SMILES string of the molecule is COc1cc(/C=C2\SC(=O)N(CC(N)=O)C2=O)cc(Br)c1OCc1ccc(C)cc1. The maximum absolute atomic E-state index is 12.4. The number of halogens is 1. The number of imide groups is 1. The third kappa shape index (κ3) is 5.03. The molecule has 2 N–H and O–H groups in total. The summed E-state index contributed by atoms with van der Waals surface area (Å²) in [7, 11) is 1.52. The standard InChI is InChI=1S/C21H19BrN2O5S/c1-12-3-5-13(6-4-12)11-29-19-15(22)7-14(8-16(19)28-2)9-17-20(26)24(10-18(23)25)21(27)30-17/h3-9H,10-11H2,1-2H3,(H2,23,25)/b17-9-. The van der Waals surface area contributed by atoms with E-state index in [2.05, 4.69) is 15.9 Å². The Morgan fingerprint density at radius 1 is 1.23 bits per heavy atom. The molecule has 0 saturated carbocycles. The van der Waals surface area contributed by atoms with Crippen molar-refractivity contribution in [3.8, 4) is 11.5 Å². The maximum atomic E-state index is 12.4. The summed E-state index contributed by atoms with van der Waals surface area (Å²) in [5.74, 6) is -0.312. The molecule has 0 aromatic heterocycles. The highest BCUT2D eigenvalue weighted by Gasteiger charge is 2.35. The number of hydrogen-bond donors (Lipinski definition) is 1. The molecule has 1 aliphatic heterocycles. The van der Waals surface area contributed by atoms with Gasteiger partial charge in [0.25, 0.3) is 11.1 Å². The highest BCUT2D eigenvalue weighted by Crippen LogP contribution is 2.39. The van der Waals surface area contributed by atoms with Crippen molar-refractivity contribution < 1.29 is 23.9 Å². The van der Waals surface area contributed by atoms with Crippen molar-refractivity contribution >= 4 is 50.8 Å². The summed E-state index contributed by atoms with van der Waals surface area (Å²) >= 11 is 4.23. The van der Waals surface area contributed by atoms with Gasteiger partial charge in [0.15, 0.2) is 11.5 Å². The number of nitrogens with zero attached hydrogens (tertiary/aromatic N) is 1. The number of ether oxygens (including phenoxy) is 2. The highest BCUT2D eigenvalue weighted by molar-refractivity contribution is 9.10. The molecule has 1 heterocycles. The molecule has 3 rings (SSSR count). The average Bonchev–Trinajstić information content (AvgIpc) is 2.95. The van der Waals surface area contributed by atoms with Gasteiger partial charge in [-0.25, -0.2) is 0 Å². The van der Waals surface area contributed by atoms with E-state index in [1.165, 1.54) is 12.7 Å². The molecular formula is C21H19BrN2O5S. The van der Waals surface area contributed by atoms with Gasteiger partial charge < -0.3 is 15.2 Å². The molecule has 9 heteroatoms. The van der Waals surface area contributed by atoms with Crippen LogP contribution >= 0.6 is 27.7 Å². The number of rotatable bonds is 7. The average molecular weight is 491 g/mol. The van der Waals surface area contributed by atoms with E-state index < -0.39 is 23.6 Å². The minimum atomic E-state index is -0.752. The number of carbonyl (C=O) groups is 3. The van der Waals surface area contributed by atoms with Crippen molar-refractivity contribution in [2.45, 2.75) is 13.5 Å². The van der Waals surface area contributed by atoms with Gasteiger partial charge >= 0.3 is 0 Å². The molecule has 0 aliphatic carbocycles. The summed E-state index contributed by atoms with van der Waals surface area (Å²) in [6.07, 6.45) is 1.56. The van der Waals surface area contributed by atoms with Crippen LogP contribution in [-0.4, -0.2) is 35.6 Å². The highest BCUT2D eigenvalue weighted by atomic mass is 79.9. The second kappa shape index (κ2) is 9.36. The predicted octanol–water partition coefficient (Wildman–Crippen LogP) is 3.87. The van der Waals surface area contributed by atoms with Crippen LogP contribution in [0.4, 0.5) is 4.79 Å². The number of amides is 3. The Kier molecular flexibility index (Phi) is 6.84. The third-order valence-corrected chi connectivity index (χ3v) is 5.74. The zero-order chi connectivity index (χ0) is 21.8. The molecule has 30 heavy (non-hydrogen) atoms. The first-order chi connectivity index (χ1) is 14.3. The van der Waals surface area contributed by atoms with Crippen molar-refractivity contribution in [3.63, 3.8) is 0 Å². The monoisotopic (exact) mass is 490 g/mol. The topological polar surface area (TPSA) is 98.9 Å². The van der Waals surface area contributed by atoms with Gasteiger partial charge in [-0.2, -0.15) is 0 Å². The molecular weight excluding hydrogens is 472 g/mol. The van der Waals surface area contributed by atoms with Crippen molar-refractivity contribution in [2.75, 3.05) is 13.7 Å². The van der Waals surface area contributed by atoms with Gasteiger partial charge in [-0.1, -0.05) is 29.8 Å². The fourth-order valence-electron chi connectivity index (χ4n) is 2.75. The summed E-state index contributed by atoms with van der Waals surface area (Å²) in [6.45, 7) is 1.94. The predicted molar refractivity (Wildman–Crippen MR) is 118 cm³/mol. The lowest BCUT2D eigenvalue weighted by Gasteiger charge is -2.14. The molecule has 0 radical (unpaired) electrons. The molecule has 0 unspecified atom stereocenters. The number of carbonyl (C=O) groups excluding carboxylic acids is 3. The minimum absolute atomic E-state index is 0.198. The van der Waals surface area contributed by atoms with E-state index in [-0.39, 0.29) is 4.91 Å². The largest absolute Gasteiger partial charge is 0.493 e. The molecule has 0 spiro atoms. The lowest BCUT2D eigenvalue weighted by Crippen LogP contribution is -2.36. The molecule has 1 aliphatic rings. The summed E-state index contributed by atoms with van der Waals surface area (Å²) in [5, 5.41) is -0.533. The number of primary amides is 1. The Morgan fingerprint density at radius 3 is 2.57 bits per heavy atom. The first-order valence-corrected chi connectivity index (χ1v) is 10.5.